The number of aliphatic hydroxyl groups excluding tert-OH is 1. The molecule has 0 spiro atoms. The molecular weight excluding hydrogens is 459 g/mol. The van der Waals surface area contributed by atoms with E-state index in [4.69, 9.17) is 4.74 Å². The molecule has 1 unspecified atom stereocenters. The van der Waals surface area contributed by atoms with Gasteiger partial charge in [-0.05, 0) is 37.6 Å². The van der Waals surface area contributed by atoms with E-state index in [1.807, 2.05) is 23.2 Å². The summed E-state index contributed by atoms with van der Waals surface area (Å²) in [5.41, 5.74) is 0.0729. The number of H-pyrrole nitrogens is 1. The number of para-hydroxylation sites is 1. The topological polar surface area (TPSA) is 97.2 Å². The van der Waals surface area contributed by atoms with Gasteiger partial charge in [-0.1, -0.05) is 18.2 Å². The number of halogens is 3. The summed E-state index contributed by atoms with van der Waals surface area (Å²) < 4.78 is 45.2. The zero-order valence-corrected chi connectivity index (χ0v) is 18.3. The Morgan fingerprint density at radius 1 is 1.21 bits per heavy atom. The Kier molecular flexibility index (Phi) is 5.85. The standard InChI is InChI=1S/C22H18F3N3O4S/c1-11-8-13(9-26-19(11)32-14-6-4-3-5-7-14)17-12(2)16-18(30)27-21(31)28(20(16)33-17)10-15(29)22(23,24)25/h3-9,15,29H,10H2,1-2H3,(H,27,30,31). The van der Waals surface area contributed by atoms with E-state index in [1.54, 1.807) is 32.0 Å². The minimum atomic E-state index is -4.91. The molecule has 3 heterocycles. The molecule has 0 aliphatic heterocycles. The van der Waals surface area contributed by atoms with Crippen LogP contribution in [0.2, 0.25) is 0 Å². The van der Waals surface area contributed by atoms with Gasteiger partial charge in [0.15, 0.2) is 6.10 Å². The van der Waals surface area contributed by atoms with Gasteiger partial charge < -0.3 is 9.84 Å². The van der Waals surface area contributed by atoms with Crippen LogP contribution in [0.1, 0.15) is 11.1 Å². The maximum atomic E-state index is 12.9. The zero-order chi connectivity index (χ0) is 23.9. The van der Waals surface area contributed by atoms with Crippen LogP contribution in [-0.2, 0) is 6.54 Å². The minimum Gasteiger partial charge on any atom is -0.439 e. The average molecular weight is 477 g/mol. The molecule has 3 aromatic heterocycles. The van der Waals surface area contributed by atoms with E-state index >= 15 is 0 Å². The third-order valence-electron chi connectivity index (χ3n) is 5.05. The van der Waals surface area contributed by atoms with Crippen LogP contribution in [0, 0.1) is 13.8 Å². The fourth-order valence-corrected chi connectivity index (χ4v) is 4.68. The van der Waals surface area contributed by atoms with Crippen molar-refractivity contribution in [3.8, 4) is 22.1 Å². The highest BCUT2D eigenvalue weighted by molar-refractivity contribution is 7.22. The molecule has 1 atom stereocenters. The summed E-state index contributed by atoms with van der Waals surface area (Å²) in [4.78, 5) is 31.7. The predicted molar refractivity (Wildman–Crippen MR) is 118 cm³/mol. The maximum Gasteiger partial charge on any atom is 0.416 e. The Bertz CT molecular complexity index is 1440. The Balaban J connectivity index is 1.79. The van der Waals surface area contributed by atoms with E-state index in [2.05, 4.69) is 4.98 Å². The fourth-order valence-electron chi connectivity index (χ4n) is 3.39. The monoisotopic (exact) mass is 477 g/mol. The molecule has 11 heteroatoms. The molecule has 0 bridgehead atoms. The number of hydrogen-bond acceptors (Lipinski definition) is 6. The summed E-state index contributed by atoms with van der Waals surface area (Å²) in [7, 11) is 0. The molecule has 0 aliphatic rings. The zero-order valence-electron chi connectivity index (χ0n) is 17.4. The summed E-state index contributed by atoms with van der Waals surface area (Å²) in [5.74, 6) is 0.990. The molecular formula is C22H18F3N3O4S. The van der Waals surface area contributed by atoms with Crippen molar-refractivity contribution in [1.82, 2.24) is 14.5 Å². The number of aromatic amines is 1. The number of aryl methyl sites for hydroxylation is 2. The quantitative estimate of drug-likeness (QED) is 0.450. The van der Waals surface area contributed by atoms with Gasteiger partial charge in [0.1, 0.15) is 10.6 Å². The number of nitrogens with one attached hydrogen (secondary N) is 1. The molecule has 33 heavy (non-hydrogen) atoms. The van der Waals surface area contributed by atoms with Gasteiger partial charge in [-0.15, -0.1) is 11.3 Å². The third-order valence-corrected chi connectivity index (χ3v) is 6.41. The summed E-state index contributed by atoms with van der Waals surface area (Å²) in [6.07, 6.45) is -6.13. The SMILES string of the molecule is Cc1cc(-c2sc3c(c2C)c(=O)[nH]c(=O)n3CC(O)C(F)(F)F)cnc1Oc1ccccc1. The van der Waals surface area contributed by atoms with Crippen molar-refractivity contribution >= 4 is 21.6 Å². The van der Waals surface area contributed by atoms with Gasteiger partial charge in [0.2, 0.25) is 5.88 Å². The third kappa shape index (κ3) is 4.41. The van der Waals surface area contributed by atoms with Crippen molar-refractivity contribution < 1.29 is 23.0 Å². The van der Waals surface area contributed by atoms with Crippen LogP contribution in [0.4, 0.5) is 13.2 Å². The first-order chi connectivity index (χ1) is 15.6. The normalized spacial score (nSPS) is 12.8. The Hall–Kier alpha value is -3.44. The smallest absolute Gasteiger partial charge is 0.416 e. The van der Waals surface area contributed by atoms with Gasteiger partial charge in [-0.2, -0.15) is 13.2 Å². The highest BCUT2D eigenvalue weighted by atomic mass is 32.1. The molecule has 1 aromatic carbocycles. The first-order valence-corrected chi connectivity index (χ1v) is 10.6. The molecule has 4 rings (SSSR count). The first-order valence-electron chi connectivity index (χ1n) is 9.77. The fraction of sp³-hybridized carbons (Fsp3) is 0.227. The van der Waals surface area contributed by atoms with E-state index in [0.717, 1.165) is 15.9 Å². The van der Waals surface area contributed by atoms with Crippen LogP contribution in [0.15, 0.2) is 52.2 Å². The number of rotatable bonds is 5. The summed E-state index contributed by atoms with van der Waals surface area (Å²) in [6.45, 7) is 2.40. The van der Waals surface area contributed by atoms with Gasteiger partial charge in [-0.3, -0.25) is 14.3 Å². The van der Waals surface area contributed by atoms with Crippen LogP contribution >= 0.6 is 11.3 Å². The minimum absolute atomic E-state index is 0.0433. The first kappa shape index (κ1) is 22.7. The molecule has 0 saturated heterocycles. The number of ether oxygens (including phenoxy) is 1. The van der Waals surface area contributed by atoms with E-state index in [-0.39, 0.29) is 10.2 Å². The van der Waals surface area contributed by atoms with Crippen molar-refractivity contribution in [2.45, 2.75) is 32.7 Å². The van der Waals surface area contributed by atoms with Crippen molar-refractivity contribution in [3.63, 3.8) is 0 Å². The summed E-state index contributed by atoms with van der Waals surface area (Å²) in [5, 5.41) is 9.57. The Labute approximate surface area is 188 Å². The number of pyridine rings is 1. The average Bonchev–Trinajstić information content (AvgIpc) is 3.10. The second-order valence-corrected chi connectivity index (χ2v) is 8.42. The van der Waals surface area contributed by atoms with Crippen molar-refractivity contribution in [3.05, 3.63) is 74.6 Å². The summed E-state index contributed by atoms with van der Waals surface area (Å²) >= 11 is 0.987. The van der Waals surface area contributed by atoms with Crippen molar-refractivity contribution in [1.29, 1.82) is 0 Å². The van der Waals surface area contributed by atoms with E-state index < -0.39 is 30.1 Å². The van der Waals surface area contributed by atoms with Crippen LogP contribution in [-0.4, -0.2) is 31.9 Å². The highest BCUT2D eigenvalue weighted by Crippen LogP contribution is 2.37. The Morgan fingerprint density at radius 3 is 2.55 bits per heavy atom. The van der Waals surface area contributed by atoms with Gasteiger partial charge in [-0.25, -0.2) is 9.78 Å². The van der Waals surface area contributed by atoms with Gasteiger partial charge in [0, 0.05) is 22.2 Å². The number of aromatic nitrogens is 3. The number of benzene rings is 1. The van der Waals surface area contributed by atoms with Gasteiger partial charge in [0.25, 0.3) is 5.56 Å². The number of alkyl halides is 3. The second kappa shape index (κ2) is 8.49. The lowest BCUT2D eigenvalue weighted by Gasteiger charge is -2.15. The molecule has 2 N–H and O–H groups in total. The summed E-state index contributed by atoms with van der Waals surface area (Å²) in [6, 6.07) is 10.9. The molecule has 172 valence electrons. The lowest BCUT2D eigenvalue weighted by Crippen LogP contribution is -2.38. The van der Waals surface area contributed by atoms with Crippen LogP contribution in [0.3, 0.4) is 0 Å². The lowest BCUT2D eigenvalue weighted by molar-refractivity contribution is -0.207. The molecule has 0 saturated carbocycles. The highest BCUT2D eigenvalue weighted by Gasteiger charge is 2.39. The second-order valence-electron chi connectivity index (χ2n) is 7.42. The number of hydrogen-bond donors (Lipinski definition) is 2. The maximum absolute atomic E-state index is 12.9. The Morgan fingerprint density at radius 2 is 1.91 bits per heavy atom. The number of aliphatic hydroxyl groups is 1. The van der Waals surface area contributed by atoms with Crippen LogP contribution < -0.4 is 16.0 Å². The number of nitrogens with zero attached hydrogens (tertiary/aromatic N) is 2. The predicted octanol–water partition coefficient (Wildman–Crippen LogP) is 4.15. The van der Waals surface area contributed by atoms with E-state index in [9.17, 15) is 27.9 Å². The molecule has 0 aliphatic carbocycles. The van der Waals surface area contributed by atoms with Crippen LogP contribution in [0.5, 0.6) is 11.6 Å². The number of thiophene rings is 1. The molecule has 0 radical (unpaired) electrons. The molecule has 4 aromatic rings. The van der Waals surface area contributed by atoms with Gasteiger partial charge in [0.05, 0.1) is 11.9 Å². The van der Waals surface area contributed by atoms with E-state index in [1.165, 1.54) is 6.20 Å². The molecule has 7 nitrogen and oxygen atoms in total. The lowest BCUT2D eigenvalue weighted by atomic mass is 10.1. The van der Waals surface area contributed by atoms with Crippen molar-refractivity contribution in [2.75, 3.05) is 0 Å². The van der Waals surface area contributed by atoms with Crippen molar-refractivity contribution in [2.24, 2.45) is 0 Å². The molecule has 0 fully saturated rings. The number of fused-ring (bicyclic) bond motifs is 1. The van der Waals surface area contributed by atoms with Gasteiger partial charge >= 0.3 is 11.9 Å². The largest absolute Gasteiger partial charge is 0.439 e. The van der Waals surface area contributed by atoms with Crippen LogP contribution in [0.25, 0.3) is 20.7 Å². The van der Waals surface area contributed by atoms with E-state index in [0.29, 0.717) is 33.2 Å². The molecule has 0 amide bonds.